The Balaban J connectivity index is 2.19. The van der Waals surface area contributed by atoms with Crippen molar-refractivity contribution in [3.8, 4) is 0 Å². The standard InChI is InChI=1S/C11H15ClN2O3S/c1-7-6-14(4-3-5-17-7)11-13-9(12)8(18-11)10(15)16-2/h7H,3-6H2,1-2H3. The van der Waals surface area contributed by atoms with Gasteiger partial charge in [-0.1, -0.05) is 22.9 Å². The lowest BCUT2D eigenvalue weighted by atomic mass is 10.4. The van der Waals surface area contributed by atoms with Crippen LogP contribution in [0.3, 0.4) is 0 Å². The molecule has 0 bridgehead atoms. The number of esters is 1. The first-order valence-electron chi connectivity index (χ1n) is 5.73. The van der Waals surface area contributed by atoms with Gasteiger partial charge in [0.25, 0.3) is 0 Å². The minimum absolute atomic E-state index is 0.150. The van der Waals surface area contributed by atoms with E-state index in [-0.39, 0.29) is 11.3 Å². The molecule has 1 aromatic rings. The summed E-state index contributed by atoms with van der Waals surface area (Å²) in [6, 6.07) is 0. The predicted molar refractivity (Wildman–Crippen MR) is 70.7 cm³/mol. The third-order valence-corrected chi connectivity index (χ3v) is 4.15. The third kappa shape index (κ3) is 2.93. The number of aromatic nitrogens is 1. The highest BCUT2D eigenvalue weighted by atomic mass is 35.5. The second kappa shape index (κ2) is 5.86. The van der Waals surface area contributed by atoms with E-state index in [1.807, 2.05) is 6.92 Å². The van der Waals surface area contributed by atoms with E-state index >= 15 is 0 Å². The van der Waals surface area contributed by atoms with E-state index in [1.54, 1.807) is 0 Å². The molecule has 0 aliphatic carbocycles. The lowest BCUT2D eigenvalue weighted by molar-refractivity contribution is 0.0606. The van der Waals surface area contributed by atoms with Crippen LogP contribution in [-0.2, 0) is 9.47 Å². The lowest BCUT2D eigenvalue weighted by Crippen LogP contribution is -2.29. The predicted octanol–water partition coefficient (Wildman–Crippen LogP) is 2.20. The van der Waals surface area contributed by atoms with Gasteiger partial charge in [-0.3, -0.25) is 0 Å². The summed E-state index contributed by atoms with van der Waals surface area (Å²) in [7, 11) is 1.33. The smallest absolute Gasteiger partial charge is 0.351 e. The average molecular weight is 291 g/mol. The summed E-state index contributed by atoms with van der Waals surface area (Å²) in [6.07, 6.45) is 1.09. The molecule has 0 spiro atoms. The van der Waals surface area contributed by atoms with E-state index in [4.69, 9.17) is 16.3 Å². The van der Waals surface area contributed by atoms with Crippen LogP contribution in [0.2, 0.25) is 5.15 Å². The second-order valence-electron chi connectivity index (χ2n) is 4.09. The molecule has 1 fully saturated rings. The van der Waals surface area contributed by atoms with Crippen molar-refractivity contribution in [2.45, 2.75) is 19.4 Å². The van der Waals surface area contributed by atoms with Crippen molar-refractivity contribution in [1.29, 1.82) is 0 Å². The van der Waals surface area contributed by atoms with Gasteiger partial charge in [-0.25, -0.2) is 9.78 Å². The van der Waals surface area contributed by atoms with Crippen molar-refractivity contribution in [2.75, 3.05) is 31.7 Å². The topological polar surface area (TPSA) is 51.7 Å². The Morgan fingerprint density at radius 1 is 1.67 bits per heavy atom. The molecule has 0 amide bonds. The second-order valence-corrected chi connectivity index (χ2v) is 5.42. The summed E-state index contributed by atoms with van der Waals surface area (Å²) in [5.41, 5.74) is 0. The molecule has 0 saturated carbocycles. The van der Waals surface area contributed by atoms with Crippen LogP contribution in [-0.4, -0.2) is 43.9 Å². The van der Waals surface area contributed by atoms with Crippen molar-refractivity contribution < 1.29 is 14.3 Å². The highest BCUT2D eigenvalue weighted by molar-refractivity contribution is 7.18. The molecule has 5 nitrogen and oxygen atoms in total. The molecule has 1 saturated heterocycles. The molecule has 0 radical (unpaired) electrons. The minimum atomic E-state index is -0.442. The number of ether oxygens (including phenoxy) is 2. The zero-order valence-corrected chi connectivity index (χ0v) is 11.9. The first-order valence-corrected chi connectivity index (χ1v) is 6.92. The molecule has 100 valence electrons. The Labute approximate surface area is 115 Å². The van der Waals surface area contributed by atoms with Gasteiger partial charge in [0.1, 0.15) is 0 Å². The van der Waals surface area contributed by atoms with Crippen LogP contribution in [0.1, 0.15) is 23.0 Å². The molecule has 2 rings (SSSR count). The number of rotatable bonds is 2. The number of thiazole rings is 1. The van der Waals surface area contributed by atoms with E-state index in [0.717, 1.165) is 31.2 Å². The number of anilines is 1. The maximum absolute atomic E-state index is 11.5. The average Bonchev–Trinajstić information content (AvgIpc) is 2.60. The molecule has 1 atom stereocenters. The van der Waals surface area contributed by atoms with E-state index in [1.165, 1.54) is 18.4 Å². The first-order chi connectivity index (χ1) is 8.61. The third-order valence-electron chi connectivity index (χ3n) is 2.67. The molecule has 2 heterocycles. The fourth-order valence-corrected chi connectivity index (χ4v) is 3.05. The minimum Gasteiger partial charge on any atom is -0.465 e. The van der Waals surface area contributed by atoms with Crippen LogP contribution < -0.4 is 4.90 Å². The van der Waals surface area contributed by atoms with Crippen molar-refractivity contribution in [2.24, 2.45) is 0 Å². The van der Waals surface area contributed by atoms with Crippen molar-refractivity contribution in [3.63, 3.8) is 0 Å². The van der Waals surface area contributed by atoms with Gasteiger partial charge < -0.3 is 14.4 Å². The Hall–Kier alpha value is -0.850. The fourth-order valence-electron chi connectivity index (χ4n) is 1.81. The summed E-state index contributed by atoms with van der Waals surface area (Å²) in [4.78, 5) is 18.2. The fraction of sp³-hybridized carbons (Fsp3) is 0.636. The van der Waals surface area contributed by atoms with E-state index in [2.05, 4.69) is 14.6 Å². The highest BCUT2D eigenvalue weighted by Gasteiger charge is 2.23. The Kier molecular flexibility index (Phi) is 4.42. The monoisotopic (exact) mass is 290 g/mol. The number of carbonyl (C=O) groups is 1. The van der Waals surface area contributed by atoms with Gasteiger partial charge in [0.05, 0.1) is 13.2 Å². The Morgan fingerprint density at radius 2 is 2.44 bits per heavy atom. The van der Waals surface area contributed by atoms with Gasteiger partial charge in [0, 0.05) is 19.7 Å². The zero-order valence-electron chi connectivity index (χ0n) is 10.3. The summed E-state index contributed by atoms with van der Waals surface area (Å²) in [6.45, 7) is 4.38. The van der Waals surface area contributed by atoms with Crippen LogP contribution in [0, 0.1) is 0 Å². The molecular formula is C11H15ClN2O3S. The van der Waals surface area contributed by atoms with Crippen molar-refractivity contribution in [1.82, 2.24) is 4.98 Å². The molecular weight excluding hydrogens is 276 g/mol. The number of hydrogen-bond acceptors (Lipinski definition) is 6. The summed E-state index contributed by atoms with van der Waals surface area (Å²) in [5, 5.41) is 0.956. The van der Waals surface area contributed by atoms with Gasteiger partial charge >= 0.3 is 5.97 Å². The molecule has 0 N–H and O–H groups in total. The van der Waals surface area contributed by atoms with Crippen molar-refractivity contribution in [3.05, 3.63) is 10.0 Å². The summed E-state index contributed by atoms with van der Waals surface area (Å²) < 4.78 is 10.2. The quantitative estimate of drug-likeness (QED) is 0.782. The summed E-state index contributed by atoms with van der Waals surface area (Å²) >= 11 is 7.22. The highest BCUT2D eigenvalue weighted by Crippen LogP contribution is 2.31. The van der Waals surface area contributed by atoms with Gasteiger partial charge in [0.2, 0.25) is 0 Å². The molecule has 7 heteroatoms. The number of halogens is 1. The Bertz CT molecular complexity index is 438. The number of methoxy groups -OCH3 is 1. The SMILES string of the molecule is COC(=O)c1sc(N2CCCOC(C)C2)nc1Cl. The number of carbonyl (C=O) groups excluding carboxylic acids is 1. The van der Waals surface area contributed by atoms with Crippen LogP contribution in [0.4, 0.5) is 5.13 Å². The maximum atomic E-state index is 11.5. The normalized spacial score (nSPS) is 20.6. The maximum Gasteiger partial charge on any atom is 0.351 e. The van der Waals surface area contributed by atoms with Crippen LogP contribution in [0.25, 0.3) is 0 Å². The molecule has 1 aliphatic rings. The molecule has 18 heavy (non-hydrogen) atoms. The van der Waals surface area contributed by atoms with Gasteiger partial charge in [-0.15, -0.1) is 0 Å². The van der Waals surface area contributed by atoms with Gasteiger partial charge in [-0.05, 0) is 13.3 Å². The van der Waals surface area contributed by atoms with E-state index < -0.39 is 5.97 Å². The molecule has 1 aliphatic heterocycles. The summed E-state index contributed by atoms with van der Waals surface area (Å²) in [5.74, 6) is -0.442. The largest absolute Gasteiger partial charge is 0.465 e. The molecule has 0 aromatic carbocycles. The van der Waals surface area contributed by atoms with Crippen LogP contribution >= 0.6 is 22.9 Å². The van der Waals surface area contributed by atoms with Gasteiger partial charge in [0.15, 0.2) is 15.2 Å². The van der Waals surface area contributed by atoms with E-state index in [0.29, 0.717) is 4.88 Å². The lowest BCUT2D eigenvalue weighted by Gasteiger charge is -2.20. The first kappa shape index (κ1) is 13.6. The number of nitrogens with zero attached hydrogens (tertiary/aromatic N) is 2. The van der Waals surface area contributed by atoms with Gasteiger partial charge in [-0.2, -0.15) is 0 Å². The Morgan fingerprint density at radius 3 is 3.17 bits per heavy atom. The molecule has 1 aromatic heterocycles. The van der Waals surface area contributed by atoms with Crippen LogP contribution in [0.15, 0.2) is 0 Å². The van der Waals surface area contributed by atoms with Crippen molar-refractivity contribution >= 4 is 34.0 Å². The number of hydrogen-bond donors (Lipinski definition) is 0. The van der Waals surface area contributed by atoms with E-state index in [9.17, 15) is 4.79 Å². The van der Waals surface area contributed by atoms with Crippen LogP contribution in [0.5, 0.6) is 0 Å². The molecule has 1 unspecified atom stereocenters. The zero-order chi connectivity index (χ0) is 13.1.